The van der Waals surface area contributed by atoms with E-state index >= 15 is 0 Å². The van der Waals surface area contributed by atoms with Gasteiger partial charge in [0.2, 0.25) is 5.89 Å². The Morgan fingerprint density at radius 2 is 1.69 bits per heavy atom. The van der Waals surface area contributed by atoms with Gasteiger partial charge in [0.25, 0.3) is 0 Å². The molecular weight excluding hydrogens is 439 g/mol. The van der Waals surface area contributed by atoms with Crippen LogP contribution in [0.3, 0.4) is 0 Å². The molecule has 0 unspecified atom stereocenters. The summed E-state index contributed by atoms with van der Waals surface area (Å²) < 4.78 is 5.81. The van der Waals surface area contributed by atoms with E-state index in [-0.39, 0.29) is 24.0 Å². The van der Waals surface area contributed by atoms with Crippen LogP contribution in [0, 0.1) is 6.92 Å². The molecule has 0 amide bonds. The van der Waals surface area contributed by atoms with Crippen LogP contribution < -0.4 is 10.6 Å². The van der Waals surface area contributed by atoms with Gasteiger partial charge >= 0.3 is 0 Å². The number of nitrogens with one attached hydrogen (secondary N) is 2. The number of aromatic nitrogens is 1. The van der Waals surface area contributed by atoms with Crippen molar-refractivity contribution in [2.75, 3.05) is 7.05 Å². The van der Waals surface area contributed by atoms with Crippen molar-refractivity contribution in [2.24, 2.45) is 4.99 Å². The fraction of sp³-hybridized carbons (Fsp3) is 0.200. The van der Waals surface area contributed by atoms with Crippen molar-refractivity contribution in [1.29, 1.82) is 0 Å². The van der Waals surface area contributed by atoms with E-state index in [2.05, 4.69) is 51.8 Å². The predicted molar refractivity (Wildman–Crippen MR) is 116 cm³/mol. The van der Waals surface area contributed by atoms with E-state index in [1.165, 1.54) is 11.1 Å². The maximum atomic E-state index is 5.81. The minimum Gasteiger partial charge on any atom is -0.439 e. The topological polar surface area (TPSA) is 62.5 Å². The number of aliphatic imine (C=N–C) groups is 1. The number of rotatable bonds is 5. The molecule has 0 aliphatic carbocycles. The molecule has 6 heteroatoms. The van der Waals surface area contributed by atoms with Crippen molar-refractivity contribution in [3.63, 3.8) is 0 Å². The molecule has 2 N–H and O–H groups in total. The average molecular weight is 462 g/mol. The molecule has 5 nitrogen and oxygen atoms in total. The van der Waals surface area contributed by atoms with E-state index in [0.29, 0.717) is 24.9 Å². The molecule has 1 aromatic heterocycles. The zero-order valence-corrected chi connectivity index (χ0v) is 17.2. The Labute approximate surface area is 171 Å². The average Bonchev–Trinajstić information content (AvgIpc) is 3.12. The SMILES string of the molecule is CN=C(NCc1ccccc1)NCc1ncc(-c2ccc(C)cc2)o1.I. The quantitative estimate of drug-likeness (QED) is 0.340. The molecule has 3 aromatic rings. The molecule has 0 aliphatic rings. The second kappa shape index (κ2) is 9.96. The fourth-order valence-corrected chi connectivity index (χ4v) is 2.40. The van der Waals surface area contributed by atoms with Crippen LogP contribution in [0.5, 0.6) is 0 Å². The van der Waals surface area contributed by atoms with Crippen LogP contribution in [-0.2, 0) is 13.1 Å². The molecule has 26 heavy (non-hydrogen) atoms. The zero-order valence-electron chi connectivity index (χ0n) is 14.9. The Morgan fingerprint density at radius 1 is 1.00 bits per heavy atom. The lowest BCUT2D eigenvalue weighted by atomic mass is 10.1. The van der Waals surface area contributed by atoms with Crippen molar-refractivity contribution < 1.29 is 4.42 Å². The molecule has 0 bridgehead atoms. The van der Waals surface area contributed by atoms with Gasteiger partial charge < -0.3 is 15.1 Å². The van der Waals surface area contributed by atoms with E-state index in [4.69, 9.17) is 4.42 Å². The Hall–Kier alpha value is -2.35. The van der Waals surface area contributed by atoms with E-state index in [9.17, 15) is 0 Å². The monoisotopic (exact) mass is 462 g/mol. The maximum Gasteiger partial charge on any atom is 0.214 e. The highest BCUT2D eigenvalue weighted by molar-refractivity contribution is 14.0. The Bertz CT molecular complexity index is 829. The Morgan fingerprint density at radius 3 is 2.38 bits per heavy atom. The molecule has 3 rings (SSSR count). The summed E-state index contributed by atoms with van der Waals surface area (Å²) in [5, 5.41) is 6.48. The van der Waals surface area contributed by atoms with E-state index in [1.54, 1.807) is 13.2 Å². The van der Waals surface area contributed by atoms with Crippen molar-refractivity contribution >= 4 is 29.9 Å². The highest BCUT2D eigenvalue weighted by Crippen LogP contribution is 2.20. The summed E-state index contributed by atoms with van der Waals surface area (Å²) in [6.07, 6.45) is 1.75. The first-order valence-corrected chi connectivity index (χ1v) is 8.25. The van der Waals surface area contributed by atoms with Crippen LogP contribution in [0.25, 0.3) is 11.3 Å². The molecular formula is C20H23IN4O. The van der Waals surface area contributed by atoms with Crippen LogP contribution in [-0.4, -0.2) is 18.0 Å². The standard InChI is InChI=1S/C20H22N4O.HI/c1-15-8-10-17(11-9-15)18-13-22-19(25-18)14-24-20(21-2)23-12-16-6-4-3-5-7-16;/h3-11,13H,12,14H2,1-2H3,(H2,21,23,24);1H. The molecule has 0 fully saturated rings. The zero-order chi connectivity index (χ0) is 17.5. The number of guanidine groups is 1. The first-order valence-electron chi connectivity index (χ1n) is 8.25. The summed E-state index contributed by atoms with van der Waals surface area (Å²) in [4.78, 5) is 8.55. The van der Waals surface area contributed by atoms with Crippen LogP contribution in [0.15, 0.2) is 70.2 Å². The smallest absolute Gasteiger partial charge is 0.214 e. The Balaban J connectivity index is 0.00000243. The molecule has 0 radical (unpaired) electrons. The van der Waals surface area contributed by atoms with Gasteiger partial charge in [0.05, 0.1) is 12.7 Å². The number of hydrogen-bond donors (Lipinski definition) is 2. The van der Waals surface area contributed by atoms with Crippen molar-refractivity contribution in [2.45, 2.75) is 20.0 Å². The maximum absolute atomic E-state index is 5.81. The van der Waals surface area contributed by atoms with Gasteiger partial charge in [0, 0.05) is 19.2 Å². The second-order valence-electron chi connectivity index (χ2n) is 5.75. The van der Waals surface area contributed by atoms with Crippen LogP contribution >= 0.6 is 24.0 Å². The summed E-state index contributed by atoms with van der Waals surface area (Å²) in [5.41, 5.74) is 3.44. The van der Waals surface area contributed by atoms with Crippen LogP contribution in [0.4, 0.5) is 0 Å². The van der Waals surface area contributed by atoms with Gasteiger partial charge in [-0.2, -0.15) is 0 Å². The largest absolute Gasteiger partial charge is 0.439 e. The van der Waals surface area contributed by atoms with Gasteiger partial charge in [0.1, 0.15) is 0 Å². The van der Waals surface area contributed by atoms with Crippen molar-refractivity contribution in [3.05, 3.63) is 77.8 Å². The first kappa shape index (κ1) is 20.0. The number of aryl methyl sites for hydroxylation is 1. The third-order valence-corrected chi connectivity index (χ3v) is 3.82. The van der Waals surface area contributed by atoms with Gasteiger partial charge in [-0.3, -0.25) is 4.99 Å². The number of benzene rings is 2. The summed E-state index contributed by atoms with van der Waals surface area (Å²) in [6.45, 7) is 3.24. The Kier molecular flexibility index (Phi) is 7.65. The minimum absolute atomic E-state index is 0. The van der Waals surface area contributed by atoms with E-state index < -0.39 is 0 Å². The number of oxazole rings is 1. The van der Waals surface area contributed by atoms with Gasteiger partial charge in [0.15, 0.2) is 11.7 Å². The van der Waals surface area contributed by atoms with Gasteiger partial charge in [-0.05, 0) is 12.5 Å². The van der Waals surface area contributed by atoms with Gasteiger partial charge in [-0.15, -0.1) is 24.0 Å². The lowest BCUT2D eigenvalue weighted by Gasteiger charge is -2.10. The molecule has 136 valence electrons. The summed E-state index contributed by atoms with van der Waals surface area (Å²) in [6, 6.07) is 18.4. The lowest BCUT2D eigenvalue weighted by Crippen LogP contribution is -2.36. The highest BCUT2D eigenvalue weighted by atomic mass is 127. The van der Waals surface area contributed by atoms with Crippen molar-refractivity contribution in [3.8, 4) is 11.3 Å². The summed E-state index contributed by atoms with van der Waals surface area (Å²) >= 11 is 0. The third-order valence-electron chi connectivity index (χ3n) is 3.82. The first-order chi connectivity index (χ1) is 12.2. The second-order valence-corrected chi connectivity index (χ2v) is 5.75. The molecule has 0 spiro atoms. The minimum atomic E-state index is 0. The van der Waals surface area contributed by atoms with Gasteiger partial charge in [-0.1, -0.05) is 60.2 Å². The van der Waals surface area contributed by atoms with Crippen LogP contribution in [0.1, 0.15) is 17.0 Å². The molecule has 0 saturated heterocycles. The molecule has 1 heterocycles. The van der Waals surface area contributed by atoms with Crippen LogP contribution in [0.2, 0.25) is 0 Å². The van der Waals surface area contributed by atoms with Gasteiger partial charge in [-0.25, -0.2) is 4.98 Å². The molecule has 0 saturated carbocycles. The summed E-state index contributed by atoms with van der Waals surface area (Å²) in [7, 11) is 1.74. The molecule has 0 atom stereocenters. The summed E-state index contributed by atoms with van der Waals surface area (Å²) in [5.74, 6) is 2.10. The predicted octanol–water partition coefficient (Wildman–Crippen LogP) is 4.13. The van der Waals surface area contributed by atoms with E-state index in [1.807, 2.05) is 30.3 Å². The van der Waals surface area contributed by atoms with Crippen molar-refractivity contribution in [1.82, 2.24) is 15.6 Å². The third kappa shape index (κ3) is 5.59. The number of halogens is 1. The fourth-order valence-electron chi connectivity index (χ4n) is 2.40. The number of hydrogen-bond acceptors (Lipinski definition) is 3. The molecule has 0 aliphatic heterocycles. The normalized spacial score (nSPS) is 10.9. The lowest BCUT2D eigenvalue weighted by molar-refractivity contribution is 0.497. The number of nitrogens with zero attached hydrogens (tertiary/aromatic N) is 2. The highest BCUT2D eigenvalue weighted by Gasteiger charge is 2.07. The molecule has 2 aromatic carbocycles. The van der Waals surface area contributed by atoms with E-state index in [0.717, 1.165) is 11.3 Å².